The van der Waals surface area contributed by atoms with E-state index in [1.54, 1.807) is 0 Å². The predicted octanol–water partition coefficient (Wildman–Crippen LogP) is 1.43. The zero-order valence-electron chi connectivity index (χ0n) is 5.31. The summed E-state index contributed by atoms with van der Waals surface area (Å²) in [4.78, 5) is 0. The van der Waals surface area contributed by atoms with Crippen molar-refractivity contribution in [1.82, 2.24) is 0 Å². The van der Waals surface area contributed by atoms with E-state index in [1.165, 1.54) is 12.8 Å². The maximum Gasteiger partial charge on any atom is 0.0547 e. The van der Waals surface area contributed by atoms with Crippen LogP contribution in [0.2, 0.25) is 0 Å². The van der Waals surface area contributed by atoms with Crippen LogP contribution in [0.15, 0.2) is 0 Å². The third-order valence-electron chi connectivity index (χ3n) is 2.90. The van der Waals surface area contributed by atoms with Gasteiger partial charge in [-0.25, -0.2) is 0 Å². The lowest BCUT2D eigenvalue weighted by atomic mass is 9.60. The van der Waals surface area contributed by atoms with Gasteiger partial charge in [0.05, 0.1) is 13.2 Å². The Kier molecular flexibility index (Phi) is 0.762. The third kappa shape index (κ3) is 0.368. The van der Waals surface area contributed by atoms with Gasteiger partial charge >= 0.3 is 0 Å². The van der Waals surface area contributed by atoms with Crippen molar-refractivity contribution in [2.75, 3.05) is 13.2 Å². The molecule has 1 nitrogen and oxygen atoms in total. The molecule has 2 rings (SSSR count). The topological polar surface area (TPSA) is 9.23 Å². The van der Waals surface area contributed by atoms with Gasteiger partial charge in [0, 0.05) is 5.41 Å². The smallest absolute Gasteiger partial charge is 0.0547 e. The van der Waals surface area contributed by atoms with Crippen LogP contribution in [0.4, 0.5) is 0 Å². The van der Waals surface area contributed by atoms with Crippen LogP contribution in [0, 0.1) is 11.3 Å². The van der Waals surface area contributed by atoms with Crippen LogP contribution in [0.5, 0.6) is 0 Å². The highest BCUT2D eigenvalue weighted by atomic mass is 16.5. The van der Waals surface area contributed by atoms with E-state index in [2.05, 4.69) is 6.92 Å². The van der Waals surface area contributed by atoms with Crippen molar-refractivity contribution in [1.29, 1.82) is 0 Å². The van der Waals surface area contributed by atoms with Gasteiger partial charge in [0.15, 0.2) is 0 Å². The van der Waals surface area contributed by atoms with Crippen LogP contribution in [0.3, 0.4) is 0 Å². The average molecular weight is 112 g/mol. The van der Waals surface area contributed by atoms with Gasteiger partial charge in [-0.15, -0.1) is 0 Å². The van der Waals surface area contributed by atoms with E-state index in [4.69, 9.17) is 4.74 Å². The summed E-state index contributed by atoms with van der Waals surface area (Å²) in [5.74, 6) is 0.955. The molecule has 0 amide bonds. The SMILES string of the molecule is C[C@@H]1CCC12COC2. The summed E-state index contributed by atoms with van der Waals surface area (Å²) in [7, 11) is 0. The molecule has 0 aromatic heterocycles. The van der Waals surface area contributed by atoms with Crippen molar-refractivity contribution in [3.05, 3.63) is 0 Å². The van der Waals surface area contributed by atoms with Gasteiger partial charge in [-0.1, -0.05) is 6.92 Å². The van der Waals surface area contributed by atoms with E-state index in [9.17, 15) is 0 Å². The molecule has 2 aliphatic rings. The third-order valence-corrected chi connectivity index (χ3v) is 2.90. The first-order valence-corrected chi connectivity index (χ1v) is 3.41. The molecule has 1 atom stereocenters. The highest BCUT2D eigenvalue weighted by Crippen LogP contribution is 2.51. The quantitative estimate of drug-likeness (QED) is 0.460. The van der Waals surface area contributed by atoms with E-state index in [1.807, 2.05) is 0 Å². The van der Waals surface area contributed by atoms with E-state index < -0.39 is 0 Å². The molecule has 1 saturated carbocycles. The summed E-state index contributed by atoms with van der Waals surface area (Å²) in [5.41, 5.74) is 0.681. The molecule has 1 aliphatic carbocycles. The Balaban J connectivity index is 2.03. The van der Waals surface area contributed by atoms with Crippen LogP contribution in [0.1, 0.15) is 19.8 Å². The summed E-state index contributed by atoms with van der Waals surface area (Å²) in [6, 6.07) is 0. The molecule has 0 aromatic rings. The highest BCUT2D eigenvalue weighted by Gasteiger charge is 2.49. The summed E-state index contributed by atoms with van der Waals surface area (Å²) in [5, 5.41) is 0. The number of hydrogen-bond donors (Lipinski definition) is 0. The van der Waals surface area contributed by atoms with Crippen molar-refractivity contribution in [2.24, 2.45) is 11.3 Å². The molecule has 1 heterocycles. The van der Waals surface area contributed by atoms with Crippen LogP contribution >= 0.6 is 0 Å². The molecule has 0 unspecified atom stereocenters. The minimum absolute atomic E-state index is 0.681. The van der Waals surface area contributed by atoms with Crippen LogP contribution in [-0.4, -0.2) is 13.2 Å². The Morgan fingerprint density at radius 2 is 2.25 bits per heavy atom. The fourth-order valence-corrected chi connectivity index (χ4v) is 1.63. The first kappa shape index (κ1) is 4.80. The second-order valence-electron chi connectivity index (χ2n) is 3.29. The monoisotopic (exact) mass is 112 g/mol. The fourth-order valence-electron chi connectivity index (χ4n) is 1.63. The molecular weight excluding hydrogens is 100 g/mol. The Morgan fingerprint density at radius 1 is 1.50 bits per heavy atom. The first-order chi connectivity index (χ1) is 3.83. The van der Waals surface area contributed by atoms with Gasteiger partial charge < -0.3 is 4.74 Å². The summed E-state index contributed by atoms with van der Waals surface area (Å²) < 4.78 is 5.15. The summed E-state index contributed by atoms with van der Waals surface area (Å²) in [6.07, 6.45) is 2.86. The Bertz CT molecular complexity index is 99.4. The van der Waals surface area contributed by atoms with E-state index in [-0.39, 0.29) is 0 Å². The standard InChI is InChI=1S/C7H12O/c1-6-2-3-7(6)4-8-5-7/h6H,2-5H2,1H3/t6-/m1/s1. The van der Waals surface area contributed by atoms with Gasteiger partial charge in [0.1, 0.15) is 0 Å². The second-order valence-corrected chi connectivity index (χ2v) is 3.29. The maximum absolute atomic E-state index is 5.15. The number of rotatable bonds is 0. The molecule has 0 aromatic carbocycles. The minimum atomic E-state index is 0.681. The van der Waals surface area contributed by atoms with Gasteiger partial charge in [0.25, 0.3) is 0 Å². The molecule has 0 bridgehead atoms. The van der Waals surface area contributed by atoms with Gasteiger partial charge in [0.2, 0.25) is 0 Å². The Labute approximate surface area is 50.0 Å². The van der Waals surface area contributed by atoms with E-state index in [0.717, 1.165) is 19.1 Å². The van der Waals surface area contributed by atoms with E-state index >= 15 is 0 Å². The summed E-state index contributed by atoms with van der Waals surface area (Å²) >= 11 is 0. The molecule has 1 aliphatic heterocycles. The van der Waals surface area contributed by atoms with Gasteiger partial charge in [-0.3, -0.25) is 0 Å². The van der Waals surface area contributed by atoms with Crippen molar-refractivity contribution in [3.8, 4) is 0 Å². The lowest BCUT2D eigenvalue weighted by Gasteiger charge is -2.54. The van der Waals surface area contributed by atoms with Gasteiger partial charge in [-0.05, 0) is 18.8 Å². The second kappa shape index (κ2) is 1.27. The molecular formula is C7H12O. The molecule has 1 heteroatoms. The first-order valence-electron chi connectivity index (χ1n) is 3.41. The van der Waals surface area contributed by atoms with Crippen molar-refractivity contribution >= 4 is 0 Å². The maximum atomic E-state index is 5.15. The van der Waals surface area contributed by atoms with E-state index in [0.29, 0.717) is 5.41 Å². The van der Waals surface area contributed by atoms with Crippen LogP contribution < -0.4 is 0 Å². The zero-order valence-corrected chi connectivity index (χ0v) is 5.31. The van der Waals surface area contributed by atoms with Gasteiger partial charge in [-0.2, -0.15) is 0 Å². The molecule has 46 valence electrons. The normalized spacial score (nSPS) is 40.9. The molecule has 2 fully saturated rings. The van der Waals surface area contributed by atoms with Crippen LogP contribution in [-0.2, 0) is 4.74 Å². The molecule has 8 heavy (non-hydrogen) atoms. The lowest BCUT2D eigenvalue weighted by Crippen LogP contribution is -2.53. The molecule has 1 saturated heterocycles. The Hall–Kier alpha value is -0.0400. The van der Waals surface area contributed by atoms with Crippen molar-refractivity contribution in [2.45, 2.75) is 19.8 Å². The van der Waals surface area contributed by atoms with Crippen molar-refractivity contribution in [3.63, 3.8) is 0 Å². The minimum Gasteiger partial charge on any atom is -0.380 e. The highest BCUT2D eigenvalue weighted by molar-refractivity contribution is 4.97. The molecule has 0 radical (unpaired) electrons. The van der Waals surface area contributed by atoms with Crippen LogP contribution in [0.25, 0.3) is 0 Å². The largest absolute Gasteiger partial charge is 0.380 e. The predicted molar refractivity (Wildman–Crippen MR) is 31.6 cm³/mol. The molecule has 1 spiro atoms. The fraction of sp³-hybridized carbons (Fsp3) is 1.00. The number of hydrogen-bond acceptors (Lipinski definition) is 1. The average Bonchev–Trinajstić information content (AvgIpc) is 1.58. The number of ether oxygens (including phenoxy) is 1. The lowest BCUT2D eigenvalue weighted by molar-refractivity contribution is -0.189. The van der Waals surface area contributed by atoms with Crippen molar-refractivity contribution < 1.29 is 4.74 Å². The molecule has 0 N–H and O–H groups in total. The zero-order chi connectivity index (χ0) is 5.61. The summed E-state index contributed by atoms with van der Waals surface area (Å²) in [6.45, 7) is 4.44. The Morgan fingerprint density at radius 3 is 2.25 bits per heavy atom.